The molecule has 3 aromatic rings. The van der Waals surface area contributed by atoms with Gasteiger partial charge in [0.2, 0.25) is 5.91 Å². The second-order valence-electron chi connectivity index (χ2n) is 11.0. The van der Waals surface area contributed by atoms with Crippen LogP contribution in [0, 0.1) is 11.3 Å². The molecule has 2 heterocycles. The number of hydrogen-bond acceptors (Lipinski definition) is 3. The van der Waals surface area contributed by atoms with Crippen LogP contribution >= 0.6 is 0 Å². The Hall–Kier alpha value is -3.59. The van der Waals surface area contributed by atoms with Gasteiger partial charge in [-0.25, -0.2) is 0 Å². The zero-order valence-electron chi connectivity index (χ0n) is 22.4. The molecule has 0 radical (unpaired) electrons. The second-order valence-corrected chi connectivity index (χ2v) is 11.0. The molecule has 40 heavy (non-hydrogen) atoms. The summed E-state index contributed by atoms with van der Waals surface area (Å²) in [4.78, 5) is 17.8. The standard InChI is InChI=1S/C31H36F3N5O/c32-31(33,34)23-10-5-20(6-11-23)7-14-28(35)39-17-15-22(16-18-39)29(30(36)40)38-24-12-8-21(9-13-24)26-19-37-27-4-2-1-3-25(26)27/h1-7,10-11,14,19,21-22,24,29,35,37-38H,8-9,12-13,15-18H2,(H2,36,40)/b14-7+,35-28?. The van der Waals surface area contributed by atoms with Gasteiger partial charge in [-0.2, -0.15) is 13.2 Å². The number of fused-ring (bicyclic) bond motifs is 1. The fraction of sp³-hybridized carbons (Fsp3) is 0.419. The van der Waals surface area contributed by atoms with Crippen LogP contribution in [-0.4, -0.2) is 46.8 Å². The molecule has 2 aliphatic rings. The average Bonchev–Trinajstić information content (AvgIpc) is 3.39. The topological polar surface area (TPSA) is 98.0 Å². The molecule has 0 spiro atoms. The van der Waals surface area contributed by atoms with Crippen molar-refractivity contribution in [2.45, 2.75) is 62.7 Å². The number of H-pyrrole nitrogens is 1. The molecule has 1 unspecified atom stereocenters. The number of primary amides is 1. The molecule has 1 atom stereocenters. The van der Waals surface area contributed by atoms with Gasteiger partial charge >= 0.3 is 6.18 Å². The zero-order valence-corrected chi connectivity index (χ0v) is 22.4. The Kier molecular flexibility index (Phi) is 8.30. The van der Waals surface area contributed by atoms with E-state index in [-0.39, 0.29) is 17.9 Å². The summed E-state index contributed by atoms with van der Waals surface area (Å²) in [6, 6.07) is 13.1. The SMILES string of the molecule is N=C(/C=C/c1ccc(C(F)(F)F)cc1)N1CCC(C(NC2CCC(c3c[nH]c4ccccc34)CC2)C(N)=O)CC1. The second kappa shape index (κ2) is 11.9. The van der Waals surface area contributed by atoms with Gasteiger partial charge in [0.25, 0.3) is 0 Å². The van der Waals surface area contributed by atoms with Crippen molar-refractivity contribution in [1.82, 2.24) is 15.2 Å². The van der Waals surface area contributed by atoms with E-state index in [4.69, 9.17) is 11.1 Å². The summed E-state index contributed by atoms with van der Waals surface area (Å²) in [7, 11) is 0. The minimum Gasteiger partial charge on any atom is -0.368 e. The smallest absolute Gasteiger partial charge is 0.368 e. The highest BCUT2D eigenvalue weighted by molar-refractivity contribution is 5.94. The van der Waals surface area contributed by atoms with Gasteiger partial charge in [-0.05, 0) is 85.8 Å². The van der Waals surface area contributed by atoms with Crippen molar-refractivity contribution >= 4 is 28.7 Å². The maximum absolute atomic E-state index is 12.8. The molecule has 5 rings (SSSR count). The van der Waals surface area contributed by atoms with Gasteiger partial charge in [0.1, 0.15) is 5.84 Å². The number of rotatable bonds is 7. The van der Waals surface area contributed by atoms with Crippen LogP contribution in [0.15, 0.2) is 60.8 Å². The van der Waals surface area contributed by atoms with E-state index < -0.39 is 17.8 Å². The number of piperidine rings is 1. The molecule has 2 fully saturated rings. The number of aromatic nitrogens is 1. The van der Waals surface area contributed by atoms with Crippen LogP contribution in [-0.2, 0) is 11.0 Å². The lowest BCUT2D eigenvalue weighted by Gasteiger charge is -2.38. The van der Waals surface area contributed by atoms with Crippen LogP contribution in [0.4, 0.5) is 13.2 Å². The van der Waals surface area contributed by atoms with Crippen LogP contribution in [0.5, 0.6) is 0 Å². The van der Waals surface area contributed by atoms with Crippen LogP contribution < -0.4 is 11.1 Å². The van der Waals surface area contributed by atoms with Crippen LogP contribution in [0.2, 0.25) is 0 Å². The number of hydrogen-bond donors (Lipinski definition) is 4. The first-order chi connectivity index (χ1) is 19.2. The Bertz CT molecular complexity index is 1350. The molecule has 6 nitrogen and oxygen atoms in total. The molecule has 1 aliphatic carbocycles. The van der Waals surface area contributed by atoms with Crippen molar-refractivity contribution < 1.29 is 18.0 Å². The fourth-order valence-corrected chi connectivity index (χ4v) is 6.24. The average molecular weight is 552 g/mol. The molecule has 1 saturated carbocycles. The van der Waals surface area contributed by atoms with Gasteiger partial charge in [0.05, 0.1) is 11.6 Å². The van der Waals surface area contributed by atoms with Crippen molar-refractivity contribution in [2.24, 2.45) is 11.7 Å². The molecule has 212 valence electrons. The highest BCUT2D eigenvalue weighted by Gasteiger charge is 2.34. The maximum atomic E-state index is 12.8. The molecule has 1 aromatic heterocycles. The molecule has 0 bridgehead atoms. The lowest BCUT2D eigenvalue weighted by Crippen LogP contribution is -2.54. The number of nitrogens with two attached hydrogens (primary N) is 1. The monoisotopic (exact) mass is 551 g/mol. The summed E-state index contributed by atoms with van der Waals surface area (Å²) in [6.45, 7) is 1.25. The summed E-state index contributed by atoms with van der Waals surface area (Å²) in [5.74, 6) is 0.588. The number of benzene rings is 2. The summed E-state index contributed by atoms with van der Waals surface area (Å²) in [6.07, 6.45) is 6.61. The Morgan fingerprint density at radius 3 is 2.35 bits per heavy atom. The third kappa shape index (κ3) is 6.41. The number of nitrogens with one attached hydrogen (secondary N) is 3. The molecule has 5 N–H and O–H groups in total. The lowest BCUT2D eigenvalue weighted by atomic mass is 9.80. The van der Waals surface area contributed by atoms with Crippen molar-refractivity contribution in [1.29, 1.82) is 5.41 Å². The number of amidine groups is 1. The van der Waals surface area contributed by atoms with E-state index in [0.29, 0.717) is 30.4 Å². The van der Waals surface area contributed by atoms with Crippen molar-refractivity contribution in [2.75, 3.05) is 13.1 Å². The Morgan fingerprint density at radius 1 is 1.02 bits per heavy atom. The minimum atomic E-state index is -4.37. The number of carbonyl (C=O) groups is 1. The number of likely N-dealkylation sites (tertiary alicyclic amines) is 1. The van der Waals surface area contributed by atoms with E-state index in [0.717, 1.165) is 50.7 Å². The molecule has 1 aliphatic heterocycles. The molecule has 1 amide bonds. The van der Waals surface area contributed by atoms with E-state index >= 15 is 0 Å². The zero-order chi connectivity index (χ0) is 28.3. The van der Waals surface area contributed by atoms with Crippen LogP contribution in [0.25, 0.3) is 17.0 Å². The first-order valence-corrected chi connectivity index (χ1v) is 14.0. The van der Waals surface area contributed by atoms with Crippen LogP contribution in [0.3, 0.4) is 0 Å². The number of carbonyl (C=O) groups excluding carboxylic acids is 1. The van der Waals surface area contributed by atoms with Gasteiger partial charge in [-0.3, -0.25) is 10.2 Å². The third-order valence-corrected chi connectivity index (χ3v) is 8.53. The van der Waals surface area contributed by atoms with Gasteiger partial charge < -0.3 is 20.9 Å². The van der Waals surface area contributed by atoms with Gasteiger partial charge in [0.15, 0.2) is 0 Å². The Labute approximate surface area is 232 Å². The maximum Gasteiger partial charge on any atom is 0.416 e. The lowest BCUT2D eigenvalue weighted by molar-refractivity contribution is -0.137. The van der Waals surface area contributed by atoms with Gasteiger partial charge in [-0.1, -0.05) is 36.4 Å². The Morgan fingerprint density at radius 2 is 1.70 bits per heavy atom. The highest BCUT2D eigenvalue weighted by Crippen LogP contribution is 2.37. The van der Waals surface area contributed by atoms with E-state index in [1.165, 1.54) is 28.6 Å². The first-order valence-electron chi connectivity index (χ1n) is 14.0. The number of halogens is 3. The predicted molar refractivity (Wildman–Crippen MR) is 152 cm³/mol. The van der Waals surface area contributed by atoms with E-state index in [2.05, 4.69) is 34.7 Å². The number of amides is 1. The number of nitrogens with zero attached hydrogens (tertiary/aromatic N) is 1. The summed E-state index contributed by atoms with van der Waals surface area (Å²) < 4.78 is 38.3. The predicted octanol–water partition coefficient (Wildman–Crippen LogP) is 6.06. The summed E-state index contributed by atoms with van der Waals surface area (Å²) in [5.41, 5.74) is 8.31. The quantitative estimate of drug-likeness (QED) is 0.212. The normalized spacial score (nSPS) is 21.6. The summed E-state index contributed by atoms with van der Waals surface area (Å²) in [5, 5.41) is 13.3. The number of aromatic amines is 1. The first kappa shape index (κ1) is 28.0. The molecular weight excluding hydrogens is 515 g/mol. The fourth-order valence-electron chi connectivity index (χ4n) is 6.24. The molecule has 1 saturated heterocycles. The number of para-hydroxylation sites is 1. The largest absolute Gasteiger partial charge is 0.416 e. The van der Waals surface area contributed by atoms with E-state index in [9.17, 15) is 18.0 Å². The van der Waals surface area contributed by atoms with Crippen LogP contribution in [0.1, 0.15) is 61.1 Å². The molecule has 2 aromatic carbocycles. The Balaban J connectivity index is 1.11. The van der Waals surface area contributed by atoms with Crippen molar-refractivity contribution in [3.05, 3.63) is 77.5 Å². The molecular formula is C31H36F3N5O. The summed E-state index contributed by atoms with van der Waals surface area (Å²) >= 11 is 0. The molecule has 9 heteroatoms. The van der Waals surface area contributed by atoms with Gasteiger partial charge in [0, 0.05) is 36.2 Å². The minimum absolute atomic E-state index is 0.104. The van der Waals surface area contributed by atoms with E-state index in [1.54, 1.807) is 12.2 Å². The van der Waals surface area contributed by atoms with E-state index in [1.807, 2.05) is 11.0 Å². The van der Waals surface area contributed by atoms with Crippen molar-refractivity contribution in [3.63, 3.8) is 0 Å². The van der Waals surface area contributed by atoms with Crippen molar-refractivity contribution in [3.8, 4) is 0 Å². The van der Waals surface area contributed by atoms with Gasteiger partial charge in [-0.15, -0.1) is 0 Å². The highest BCUT2D eigenvalue weighted by atomic mass is 19.4. The number of alkyl halides is 3. The third-order valence-electron chi connectivity index (χ3n) is 8.53.